The maximum absolute atomic E-state index is 9.72. The Hall–Kier alpha value is -1.06. The quantitative estimate of drug-likeness (QED) is 0.781. The Labute approximate surface area is 97.1 Å². The molecule has 1 saturated heterocycles. The van der Waals surface area contributed by atoms with Crippen LogP contribution < -0.4 is 10.2 Å². The minimum atomic E-state index is -0.270. The van der Waals surface area contributed by atoms with Crippen LogP contribution in [-0.2, 0) is 6.42 Å². The molecule has 3 nitrogen and oxygen atoms in total. The number of hydrogen-bond donors (Lipinski definition) is 2. The summed E-state index contributed by atoms with van der Waals surface area (Å²) < 4.78 is 0. The zero-order chi connectivity index (χ0) is 11.4. The average Bonchev–Trinajstić information content (AvgIpc) is 2.54. The lowest BCUT2D eigenvalue weighted by atomic mass is 10.1. The highest BCUT2D eigenvalue weighted by molar-refractivity contribution is 5.48. The number of nitrogens with one attached hydrogen (secondary N) is 1. The van der Waals surface area contributed by atoms with Crippen LogP contribution >= 0.6 is 0 Å². The fourth-order valence-corrected chi connectivity index (χ4v) is 2.07. The summed E-state index contributed by atoms with van der Waals surface area (Å²) >= 11 is 0. The summed E-state index contributed by atoms with van der Waals surface area (Å²) in [5.74, 6) is 0. The van der Waals surface area contributed by atoms with E-state index in [-0.39, 0.29) is 6.10 Å². The van der Waals surface area contributed by atoms with Crippen molar-refractivity contribution < 1.29 is 5.11 Å². The molecule has 0 aliphatic carbocycles. The summed E-state index contributed by atoms with van der Waals surface area (Å²) in [6.45, 7) is 5.48. The van der Waals surface area contributed by atoms with E-state index in [1.165, 1.54) is 11.3 Å². The van der Waals surface area contributed by atoms with Crippen LogP contribution in [-0.4, -0.2) is 37.4 Å². The van der Waals surface area contributed by atoms with Gasteiger partial charge in [-0.2, -0.15) is 0 Å². The van der Waals surface area contributed by atoms with Crippen molar-refractivity contribution in [3.63, 3.8) is 0 Å². The van der Waals surface area contributed by atoms with Gasteiger partial charge >= 0.3 is 0 Å². The lowest BCUT2D eigenvalue weighted by Crippen LogP contribution is -2.32. The number of aliphatic hydroxyl groups is 1. The standard InChI is InChI=1S/C13H20N2O/c1-2-11-3-5-12(6-4-11)15-8-7-14-9-13(16)10-15/h3-6,13-14,16H,2,7-10H2,1H3. The molecule has 2 N–H and O–H groups in total. The molecule has 0 bridgehead atoms. The minimum absolute atomic E-state index is 0.270. The predicted molar refractivity (Wildman–Crippen MR) is 66.9 cm³/mol. The van der Waals surface area contributed by atoms with Gasteiger partial charge in [-0.15, -0.1) is 0 Å². The topological polar surface area (TPSA) is 35.5 Å². The van der Waals surface area contributed by atoms with Crippen molar-refractivity contribution in [2.24, 2.45) is 0 Å². The van der Waals surface area contributed by atoms with Crippen molar-refractivity contribution >= 4 is 5.69 Å². The van der Waals surface area contributed by atoms with E-state index in [0.717, 1.165) is 26.1 Å². The molecule has 16 heavy (non-hydrogen) atoms. The van der Waals surface area contributed by atoms with E-state index in [2.05, 4.69) is 41.4 Å². The van der Waals surface area contributed by atoms with Crippen molar-refractivity contribution in [1.82, 2.24) is 5.32 Å². The van der Waals surface area contributed by atoms with E-state index < -0.39 is 0 Å². The Balaban J connectivity index is 2.09. The Morgan fingerprint density at radius 2 is 2.12 bits per heavy atom. The highest BCUT2D eigenvalue weighted by atomic mass is 16.3. The molecule has 3 heteroatoms. The molecule has 1 aromatic carbocycles. The van der Waals surface area contributed by atoms with Gasteiger partial charge in [0.1, 0.15) is 0 Å². The summed E-state index contributed by atoms with van der Waals surface area (Å²) in [4.78, 5) is 2.24. The molecule has 1 aliphatic heterocycles. The molecular weight excluding hydrogens is 200 g/mol. The lowest BCUT2D eigenvalue weighted by molar-refractivity contribution is 0.185. The summed E-state index contributed by atoms with van der Waals surface area (Å²) in [7, 11) is 0. The number of aliphatic hydroxyl groups excluding tert-OH is 1. The average molecular weight is 220 g/mol. The van der Waals surface area contributed by atoms with Gasteiger partial charge in [-0.1, -0.05) is 19.1 Å². The van der Waals surface area contributed by atoms with Crippen molar-refractivity contribution in [1.29, 1.82) is 0 Å². The summed E-state index contributed by atoms with van der Waals surface area (Å²) in [5, 5.41) is 12.9. The third kappa shape index (κ3) is 2.74. The largest absolute Gasteiger partial charge is 0.390 e. The maximum atomic E-state index is 9.72. The van der Waals surface area contributed by atoms with E-state index in [1.807, 2.05) is 0 Å². The van der Waals surface area contributed by atoms with Crippen LogP contribution in [0.1, 0.15) is 12.5 Å². The van der Waals surface area contributed by atoms with Gasteiger partial charge in [0.25, 0.3) is 0 Å². The fourth-order valence-electron chi connectivity index (χ4n) is 2.07. The van der Waals surface area contributed by atoms with E-state index in [1.54, 1.807) is 0 Å². The first-order chi connectivity index (χ1) is 7.79. The molecule has 1 unspecified atom stereocenters. The van der Waals surface area contributed by atoms with E-state index in [4.69, 9.17) is 0 Å². The first-order valence-electron chi connectivity index (χ1n) is 6.02. The number of β-amino-alcohol motifs (C(OH)–C–C–N with tert-alkyl or cyclic N) is 1. The lowest BCUT2D eigenvalue weighted by Gasteiger charge is -2.24. The van der Waals surface area contributed by atoms with Gasteiger partial charge in [0, 0.05) is 31.9 Å². The normalized spacial score (nSPS) is 21.9. The van der Waals surface area contributed by atoms with Gasteiger partial charge in [0.2, 0.25) is 0 Å². The molecule has 1 aliphatic rings. The number of rotatable bonds is 2. The van der Waals surface area contributed by atoms with Crippen LogP contribution in [0.25, 0.3) is 0 Å². The van der Waals surface area contributed by atoms with Crippen LogP contribution in [0.5, 0.6) is 0 Å². The van der Waals surface area contributed by atoms with Crippen molar-refractivity contribution in [2.75, 3.05) is 31.1 Å². The first-order valence-corrected chi connectivity index (χ1v) is 6.02. The second kappa shape index (κ2) is 5.32. The molecule has 0 radical (unpaired) electrons. The molecule has 88 valence electrons. The smallest absolute Gasteiger partial charge is 0.0839 e. The molecule has 0 spiro atoms. The fraction of sp³-hybridized carbons (Fsp3) is 0.538. The zero-order valence-corrected chi connectivity index (χ0v) is 9.82. The number of aryl methyl sites for hydroxylation is 1. The van der Waals surface area contributed by atoms with Crippen molar-refractivity contribution in [3.8, 4) is 0 Å². The van der Waals surface area contributed by atoms with Gasteiger partial charge in [-0.05, 0) is 24.1 Å². The number of anilines is 1. The predicted octanol–water partition coefficient (Wildman–Crippen LogP) is 1.02. The third-order valence-electron chi connectivity index (χ3n) is 3.08. The molecule has 1 atom stereocenters. The van der Waals surface area contributed by atoms with E-state index in [9.17, 15) is 5.11 Å². The summed E-state index contributed by atoms with van der Waals surface area (Å²) in [6.07, 6.45) is 0.804. The van der Waals surface area contributed by atoms with Crippen molar-refractivity contribution in [2.45, 2.75) is 19.4 Å². The van der Waals surface area contributed by atoms with Gasteiger partial charge in [-0.3, -0.25) is 0 Å². The number of hydrogen-bond acceptors (Lipinski definition) is 3. The van der Waals surface area contributed by atoms with Gasteiger partial charge in [0.05, 0.1) is 6.10 Å². The van der Waals surface area contributed by atoms with Crippen LogP contribution in [0.2, 0.25) is 0 Å². The molecule has 0 aromatic heterocycles. The molecule has 1 heterocycles. The molecule has 0 amide bonds. The van der Waals surface area contributed by atoms with Gasteiger partial charge in [-0.25, -0.2) is 0 Å². The second-order valence-corrected chi connectivity index (χ2v) is 4.32. The van der Waals surface area contributed by atoms with Gasteiger partial charge in [0.15, 0.2) is 0 Å². The zero-order valence-electron chi connectivity index (χ0n) is 9.82. The van der Waals surface area contributed by atoms with Crippen molar-refractivity contribution in [3.05, 3.63) is 29.8 Å². The Bertz CT molecular complexity index is 323. The number of nitrogens with zero attached hydrogens (tertiary/aromatic N) is 1. The number of benzene rings is 1. The Morgan fingerprint density at radius 1 is 1.38 bits per heavy atom. The Kier molecular flexibility index (Phi) is 3.80. The van der Waals surface area contributed by atoms with E-state index in [0.29, 0.717) is 6.54 Å². The second-order valence-electron chi connectivity index (χ2n) is 4.32. The summed E-state index contributed by atoms with van der Waals surface area (Å²) in [5.41, 5.74) is 2.57. The van der Waals surface area contributed by atoms with Crippen LogP contribution in [0.4, 0.5) is 5.69 Å². The van der Waals surface area contributed by atoms with E-state index >= 15 is 0 Å². The van der Waals surface area contributed by atoms with Gasteiger partial charge < -0.3 is 15.3 Å². The SMILES string of the molecule is CCc1ccc(N2CCNCC(O)C2)cc1. The van der Waals surface area contributed by atoms with Crippen LogP contribution in [0.15, 0.2) is 24.3 Å². The summed E-state index contributed by atoms with van der Waals surface area (Å²) in [6, 6.07) is 8.63. The molecular formula is C13H20N2O. The highest BCUT2D eigenvalue weighted by Gasteiger charge is 2.15. The third-order valence-corrected chi connectivity index (χ3v) is 3.08. The van der Waals surface area contributed by atoms with Crippen LogP contribution in [0.3, 0.4) is 0 Å². The van der Waals surface area contributed by atoms with Crippen LogP contribution in [0, 0.1) is 0 Å². The molecule has 1 fully saturated rings. The Morgan fingerprint density at radius 3 is 2.81 bits per heavy atom. The molecule has 2 rings (SSSR count). The molecule has 0 saturated carbocycles. The minimum Gasteiger partial charge on any atom is -0.390 e. The molecule has 1 aromatic rings. The maximum Gasteiger partial charge on any atom is 0.0839 e. The highest BCUT2D eigenvalue weighted by Crippen LogP contribution is 2.16. The first kappa shape index (κ1) is 11.4. The monoisotopic (exact) mass is 220 g/mol.